The molecular formula is C33H45N7O9. The van der Waals surface area contributed by atoms with Crippen LogP contribution in [-0.4, -0.2) is 81.1 Å². The fourth-order valence-electron chi connectivity index (χ4n) is 4.68. The number of ether oxygens (including phenoxy) is 5. The van der Waals surface area contributed by atoms with Gasteiger partial charge in [-0.1, -0.05) is 36.4 Å². The SMILES string of the molecule is CC(C)(C)OC(=O)NCC(C(=O)OC/C=C/[C@@H]1COC(C)(C)N1C(=O)OC(C)(C)C)C(=O)c1cnc(N=[N+]=[N-])n1COCc1ccccc1. The number of ketones is 1. The molecule has 0 saturated carbocycles. The monoisotopic (exact) mass is 683 g/mol. The maximum Gasteiger partial charge on any atom is 0.413 e. The Balaban J connectivity index is 1.78. The van der Waals surface area contributed by atoms with Crippen LogP contribution in [0.3, 0.4) is 0 Å². The van der Waals surface area contributed by atoms with Gasteiger partial charge in [0.25, 0.3) is 0 Å². The highest BCUT2D eigenvalue weighted by atomic mass is 16.6. The second kappa shape index (κ2) is 16.5. The van der Waals surface area contributed by atoms with E-state index in [1.54, 1.807) is 61.5 Å². The summed E-state index contributed by atoms with van der Waals surface area (Å²) in [4.78, 5) is 60.9. The molecule has 49 heavy (non-hydrogen) atoms. The molecule has 2 amide bonds. The van der Waals surface area contributed by atoms with Crippen molar-refractivity contribution in [3.05, 3.63) is 70.4 Å². The van der Waals surface area contributed by atoms with Crippen molar-refractivity contribution in [2.45, 2.75) is 91.7 Å². The first-order valence-electron chi connectivity index (χ1n) is 15.6. The Labute approximate surface area is 285 Å². The van der Waals surface area contributed by atoms with Gasteiger partial charge >= 0.3 is 18.2 Å². The second-order valence-corrected chi connectivity index (χ2v) is 13.6. The Morgan fingerprint density at radius 2 is 1.80 bits per heavy atom. The van der Waals surface area contributed by atoms with E-state index >= 15 is 0 Å². The fourth-order valence-corrected chi connectivity index (χ4v) is 4.68. The summed E-state index contributed by atoms with van der Waals surface area (Å²) in [6, 6.07) is 8.75. The summed E-state index contributed by atoms with van der Waals surface area (Å²) in [7, 11) is 0. The third-order valence-corrected chi connectivity index (χ3v) is 6.79. The minimum Gasteiger partial charge on any atom is -0.461 e. The van der Waals surface area contributed by atoms with E-state index < -0.39 is 59.4 Å². The van der Waals surface area contributed by atoms with Crippen LogP contribution in [0.4, 0.5) is 15.5 Å². The van der Waals surface area contributed by atoms with Crippen LogP contribution in [0.5, 0.6) is 0 Å². The molecule has 16 heteroatoms. The Morgan fingerprint density at radius 3 is 2.43 bits per heavy atom. The van der Waals surface area contributed by atoms with Crippen LogP contribution in [0.15, 0.2) is 53.8 Å². The number of azide groups is 1. The molecule has 1 saturated heterocycles. The molecule has 0 bridgehead atoms. The average Bonchev–Trinajstić information content (AvgIpc) is 3.53. The molecule has 3 rings (SSSR count). The predicted molar refractivity (Wildman–Crippen MR) is 176 cm³/mol. The Hall–Kier alpha value is -4.92. The summed E-state index contributed by atoms with van der Waals surface area (Å²) in [6.45, 7) is 13.2. The van der Waals surface area contributed by atoms with E-state index in [1.807, 2.05) is 30.3 Å². The number of hydrogen-bond acceptors (Lipinski definition) is 11. The lowest BCUT2D eigenvalue weighted by molar-refractivity contribution is -0.145. The maximum atomic E-state index is 13.9. The largest absolute Gasteiger partial charge is 0.461 e. The molecule has 2 aromatic rings. The van der Waals surface area contributed by atoms with Crippen molar-refractivity contribution in [2.75, 3.05) is 19.8 Å². The summed E-state index contributed by atoms with van der Waals surface area (Å²) in [5, 5.41) is 5.99. The van der Waals surface area contributed by atoms with Crippen LogP contribution >= 0.6 is 0 Å². The first-order valence-corrected chi connectivity index (χ1v) is 15.6. The van der Waals surface area contributed by atoms with Crippen LogP contribution in [-0.2, 0) is 41.8 Å². The van der Waals surface area contributed by atoms with Gasteiger partial charge in [-0.25, -0.2) is 14.6 Å². The predicted octanol–water partition coefficient (Wildman–Crippen LogP) is 5.79. The molecule has 0 aliphatic carbocycles. The molecule has 0 spiro atoms. The van der Waals surface area contributed by atoms with E-state index in [4.69, 9.17) is 29.2 Å². The van der Waals surface area contributed by atoms with Crippen molar-refractivity contribution in [2.24, 2.45) is 11.0 Å². The Bertz CT molecular complexity index is 1550. The minimum atomic E-state index is -1.54. The first-order chi connectivity index (χ1) is 22.9. The molecule has 1 N–H and O–H groups in total. The lowest BCUT2D eigenvalue weighted by Crippen LogP contribution is -2.49. The number of amides is 2. The average molecular weight is 684 g/mol. The highest BCUT2D eigenvalue weighted by Crippen LogP contribution is 2.30. The van der Waals surface area contributed by atoms with E-state index in [0.717, 1.165) is 11.8 Å². The zero-order valence-electron chi connectivity index (χ0n) is 29.2. The molecule has 0 radical (unpaired) electrons. The highest BCUT2D eigenvalue weighted by Gasteiger charge is 2.44. The number of aromatic nitrogens is 2. The Kier molecular flexibility index (Phi) is 12.9. The van der Waals surface area contributed by atoms with E-state index in [-0.39, 0.29) is 38.2 Å². The van der Waals surface area contributed by atoms with E-state index in [1.165, 1.54) is 15.5 Å². The summed E-state index contributed by atoms with van der Waals surface area (Å²) in [5.41, 5.74) is 7.30. The molecular weight excluding hydrogens is 638 g/mol. The molecule has 1 unspecified atom stereocenters. The number of Topliss-reactive ketones (excluding diaryl/α,β-unsaturated/α-hetero) is 1. The van der Waals surface area contributed by atoms with Gasteiger partial charge in [-0.15, -0.1) is 0 Å². The zero-order chi connectivity index (χ0) is 36.4. The molecule has 1 aromatic carbocycles. The van der Waals surface area contributed by atoms with Gasteiger partial charge in [-0.05, 0) is 77.7 Å². The smallest absolute Gasteiger partial charge is 0.413 e. The van der Waals surface area contributed by atoms with Crippen molar-refractivity contribution in [3.8, 4) is 0 Å². The van der Waals surface area contributed by atoms with Crippen molar-refractivity contribution >= 4 is 29.9 Å². The van der Waals surface area contributed by atoms with Gasteiger partial charge in [0.15, 0.2) is 11.7 Å². The number of alkyl carbamates (subject to hydrolysis) is 1. The number of carbonyl (C=O) groups is 4. The first kappa shape index (κ1) is 38.5. The van der Waals surface area contributed by atoms with Crippen LogP contribution in [0.25, 0.3) is 10.4 Å². The van der Waals surface area contributed by atoms with Gasteiger partial charge in [-0.3, -0.25) is 19.1 Å². The number of rotatable bonds is 13. The van der Waals surface area contributed by atoms with Gasteiger partial charge in [0.05, 0.1) is 25.5 Å². The van der Waals surface area contributed by atoms with Gasteiger partial charge < -0.3 is 29.0 Å². The van der Waals surface area contributed by atoms with Crippen molar-refractivity contribution in [3.63, 3.8) is 0 Å². The quantitative estimate of drug-likeness (QED) is 0.0394. The zero-order valence-corrected chi connectivity index (χ0v) is 29.2. The molecule has 1 aromatic heterocycles. The van der Waals surface area contributed by atoms with Gasteiger partial charge in [0.1, 0.15) is 41.9 Å². The number of benzene rings is 1. The molecule has 266 valence electrons. The maximum absolute atomic E-state index is 13.9. The second-order valence-electron chi connectivity index (χ2n) is 13.6. The number of imidazole rings is 1. The van der Waals surface area contributed by atoms with Crippen LogP contribution < -0.4 is 5.32 Å². The minimum absolute atomic E-state index is 0.114. The third-order valence-electron chi connectivity index (χ3n) is 6.79. The van der Waals surface area contributed by atoms with E-state index in [0.29, 0.717) is 0 Å². The topological polar surface area (TPSA) is 196 Å². The van der Waals surface area contributed by atoms with E-state index in [9.17, 15) is 19.2 Å². The summed E-state index contributed by atoms with van der Waals surface area (Å²) in [6.07, 6.45) is 2.91. The van der Waals surface area contributed by atoms with Gasteiger partial charge in [0.2, 0.25) is 0 Å². The van der Waals surface area contributed by atoms with Crippen molar-refractivity contribution < 1.29 is 42.9 Å². The molecule has 1 aliphatic rings. The number of hydrogen-bond donors (Lipinski definition) is 1. The van der Waals surface area contributed by atoms with Crippen LogP contribution in [0.1, 0.15) is 71.4 Å². The standard InChI is InChI=1S/C33H45N7O9/c1-31(2,3)48-29(43)36-17-24(26(41)25-18-35-28(37-38-34)39(25)21-45-19-22-13-10-9-11-14-22)27(42)46-16-12-15-23-20-47-33(7,8)40(23)30(44)49-32(4,5)6/h9-15,18,23-24H,16-17,19-21H2,1-8H3,(H,36,43)/b15-12+/t23-,24?/m1/s1. The van der Waals surface area contributed by atoms with Gasteiger partial charge in [0, 0.05) is 11.5 Å². The normalized spacial score (nSPS) is 16.5. The number of nitrogens with zero attached hydrogens (tertiary/aromatic N) is 6. The Morgan fingerprint density at radius 1 is 1.12 bits per heavy atom. The van der Waals surface area contributed by atoms with E-state index in [2.05, 4.69) is 20.3 Å². The fraction of sp³-hybridized carbons (Fsp3) is 0.545. The molecule has 2 heterocycles. The third kappa shape index (κ3) is 11.6. The molecule has 1 fully saturated rings. The van der Waals surface area contributed by atoms with Crippen LogP contribution in [0.2, 0.25) is 0 Å². The number of esters is 1. The lowest BCUT2D eigenvalue weighted by Gasteiger charge is -2.34. The molecule has 1 aliphatic heterocycles. The summed E-state index contributed by atoms with van der Waals surface area (Å²) in [5.74, 6) is -3.44. The molecule has 2 atom stereocenters. The van der Waals surface area contributed by atoms with Crippen LogP contribution in [0, 0.1) is 5.92 Å². The number of nitrogens with one attached hydrogen (secondary N) is 1. The van der Waals surface area contributed by atoms with Crippen molar-refractivity contribution in [1.29, 1.82) is 0 Å². The van der Waals surface area contributed by atoms with Crippen molar-refractivity contribution in [1.82, 2.24) is 19.8 Å². The van der Waals surface area contributed by atoms with Gasteiger partial charge in [-0.2, -0.15) is 0 Å². The summed E-state index contributed by atoms with van der Waals surface area (Å²) < 4.78 is 29.0. The lowest BCUT2D eigenvalue weighted by atomic mass is 10.0. The molecule has 16 nitrogen and oxygen atoms in total. The summed E-state index contributed by atoms with van der Waals surface area (Å²) >= 11 is 0. The number of carbonyl (C=O) groups excluding carboxylic acids is 4. The highest BCUT2D eigenvalue weighted by molar-refractivity contribution is 6.08.